The number of hydrogen-bond acceptors (Lipinski definition) is 3. The Bertz CT molecular complexity index is 453. The standard InChI is InChI=1S/C13H17N3S/c1-14-13(12-8-9-16(2)15-12)10-17-11-6-4-3-5-7-11/h3-9,13-14H,10H2,1-2H3. The number of nitrogens with one attached hydrogen (secondary N) is 1. The zero-order valence-electron chi connectivity index (χ0n) is 10.1. The molecule has 2 rings (SSSR count). The average Bonchev–Trinajstić information content (AvgIpc) is 2.78. The van der Waals surface area contributed by atoms with E-state index >= 15 is 0 Å². The zero-order valence-corrected chi connectivity index (χ0v) is 10.9. The highest BCUT2D eigenvalue weighted by atomic mass is 32.2. The van der Waals surface area contributed by atoms with Crippen molar-refractivity contribution in [2.24, 2.45) is 7.05 Å². The molecule has 1 aromatic carbocycles. The average molecular weight is 247 g/mol. The first-order chi connectivity index (χ1) is 8.29. The second-order valence-corrected chi connectivity index (χ2v) is 4.97. The Hall–Kier alpha value is -1.26. The summed E-state index contributed by atoms with van der Waals surface area (Å²) in [6.45, 7) is 0. The van der Waals surface area contributed by atoms with E-state index in [1.807, 2.05) is 42.8 Å². The molecule has 0 aliphatic carbocycles. The molecule has 0 aliphatic heterocycles. The van der Waals surface area contributed by atoms with Gasteiger partial charge in [0.15, 0.2) is 0 Å². The Kier molecular flexibility index (Phi) is 4.23. The number of thioether (sulfide) groups is 1. The Morgan fingerprint density at radius 1 is 1.29 bits per heavy atom. The summed E-state index contributed by atoms with van der Waals surface area (Å²) in [5, 5.41) is 7.74. The fourth-order valence-corrected chi connectivity index (χ4v) is 2.68. The van der Waals surface area contributed by atoms with Crippen molar-refractivity contribution in [2.45, 2.75) is 10.9 Å². The summed E-state index contributed by atoms with van der Waals surface area (Å²) in [7, 11) is 3.92. The largest absolute Gasteiger partial charge is 0.311 e. The molecule has 1 atom stereocenters. The summed E-state index contributed by atoms with van der Waals surface area (Å²) >= 11 is 1.85. The molecule has 0 saturated carbocycles. The summed E-state index contributed by atoms with van der Waals surface area (Å²) in [5.74, 6) is 0.984. The fraction of sp³-hybridized carbons (Fsp3) is 0.308. The first kappa shape index (κ1) is 12.2. The maximum absolute atomic E-state index is 4.43. The lowest BCUT2D eigenvalue weighted by atomic mass is 10.2. The molecule has 1 aromatic heterocycles. The molecule has 0 aliphatic rings. The van der Waals surface area contributed by atoms with Gasteiger partial charge >= 0.3 is 0 Å². The third-order valence-electron chi connectivity index (χ3n) is 2.60. The highest BCUT2D eigenvalue weighted by Crippen LogP contribution is 2.23. The van der Waals surface area contributed by atoms with Crippen LogP contribution in [0.1, 0.15) is 11.7 Å². The van der Waals surface area contributed by atoms with Crippen LogP contribution in [0.4, 0.5) is 0 Å². The smallest absolute Gasteiger partial charge is 0.0802 e. The van der Waals surface area contributed by atoms with Gasteiger partial charge in [-0.05, 0) is 25.2 Å². The van der Waals surface area contributed by atoms with Gasteiger partial charge in [-0.3, -0.25) is 4.68 Å². The number of hydrogen-bond donors (Lipinski definition) is 1. The molecule has 2 aromatic rings. The molecule has 0 saturated heterocycles. The highest BCUT2D eigenvalue weighted by molar-refractivity contribution is 7.99. The van der Waals surface area contributed by atoms with Gasteiger partial charge in [-0.2, -0.15) is 5.10 Å². The van der Waals surface area contributed by atoms with Crippen LogP contribution in [0.3, 0.4) is 0 Å². The van der Waals surface area contributed by atoms with Gasteiger partial charge in [0.2, 0.25) is 0 Å². The minimum Gasteiger partial charge on any atom is -0.311 e. The van der Waals surface area contributed by atoms with Crippen LogP contribution < -0.4 is 5.32 Å². The normalized spacial score (nSPS) is 12.6. The van der Waals surface area contributed by atoms with Crippen LogP contribution in [0.2, 0.25) is 0 Å². The highest BCUT2D eigenvalue weighted by Gasteiger charge is 2.12. The third-order valence-corrected chi connectivity index (χ3v) is 3.71. The molecule has 90 valence electrons. The molecule has 1 N–H and O–H groups in total. The maximum atomic E-state index is 4.43. The molecule has 0 amide bonds. The van der Waals surface area contributed by atoms with Gasteiger partial charge in [-0.1, -0.05) is 18.2 Å². The van der Waals surface area contributed by atoms with Crippen LogP contribution in [0.5, 0.6) is 0 Å². The van der Waals surface area contributed by atoms with Gasteiger partial charge in [-0.15, -0.1) is 11.8 Å². The van der Waals surface area contributed by atoms with E-state index in [1.165, 1.54) is 4.90 Å². The van der Waals surface area contributed by atoms with E-state index in [0.29, 0.717) is 6.04 Å². The lowest BCUT2D eigenvalue weighted by Gasteiger charge is -2.13. The summed E-state index contributed by atoms with van der Waals surface area (Å²) in [6, 6.07) is 12.8. The molecule has 17 heavy (non-hydrogen) atoms. The lowest BCUT2D eigenvalue weighted by Crippen LogP contribution is -2.19. The van der Waals surface area contributed by atoms with Crippen LogP contribution in [0.15, 0.2) is 47.5 Å². The Balaban J connectivity index is 1.97. The third kappa shape index (κ3) is 3.35. The van der Waals surface area contributed by atoms with Crippen LogP contribution in [0.25, 0.3) is 0 Å². The number of rotatable bonds is 5. The van der Waals surface area contributed by atoms with E-state index in [2.05, 4.69) is 40.7 Å². The lowest BCUT2D eigenvalue weighted by molar-refractivity contribution is 0.619. The Labute approximate surface area is 106 Å². The van der Waals surface area contributed by atoms with E-state index in [4.69, 9.17) is 0 Å². The van der Waals surface area contributed by atoms with Gasteiger partial charge in [0.1, 0.15) is 0 Å². The van der Waals surface area contributed by atoms with E-state index in [1.54, 1.807) is 0 Å². The molecular weight excluding hydrogens is 230 g/mol. The van der Waals surface area contributed by atoms with Crippen molar-refractivity contribution in [1.29, 1.82) is 0 Å². The predicted molar refractivity (Wildman–Crippen MR) is 72.2 cm³/mol. The number of nitrogens with zero attached hydrogens (tertiary/aromatic N) is 2. The molecule has 1 unspecified atom stereocenters. The van der Waals surface area contributed by atoms with Crippen molar-refractivity contribution >= 4 is 11.8 Å². The fourth-order valence-electron chi connectivity index (χ4n) is 1.63. The van der Waals surface area contributed by atoms with Crippen molar-refractivity contribution < 1.29 is 0 Å². The summed E-state index contributed by atoms with van der Waals surface area (Å²) in [4.78, 5) is 1.30. The van der Waals surface area contributed by atoms with E-state index in [0.717, 1.165) is 11.4 Å². The maximum Gasteiger partial charge on any atom is 0.0802 e. The summed E-state index contributed by atoms with van der Waals surface area (Å²) < 4.78 is 1.84. The molecule has 0 radical (unpaired) electrons. The zero-order chi connectivity index (χ0) is 12.1. The SMILES string of the molecule is CNC(CSc1ccccc1)c1ccn(C)n1. The first-order valence-corrected chi connectivity index (χ1v) is 6.63. The minimum absolute atomic E-state index is 0.293. The molecular formula is C13H17N3S. The minimum atomic E-state index is 0.293. The van der Waals surface area contributed by atoms with Crippen LogP contribution in [-0.2, 0) is 7.05 Å². The molecule has 0 bridgehead atoms. The van der Waals surface area contributed by atoms with Gasteiger partial charge in [0, 0.05) is 23.9 Å². The van der Waals surface area contributed by atoms with Gasteiger partial charge in [-0.25, -0.2) is 0 Å². The quantitative estimate of drug-likeness (QED) is 0.823. The van der Waals surface area contributed by atoms with E-state index in [-0.39, 0.29) is 0 Å². The van der Waals surface area contributed by atoms with Crippen molar-refractivity contribution in [3.63, 3.8) is 0 Å². The number of aromatic nitrogens is 2. The number of benzene rings is 1. The first-order valence-electron chi connectivity index (χ1n) is 5.64. The molecule has 1 heterocycles. The van der Waals surface area contributed by atoms with Crippen molar-refractivity contribution in [3.05, 3.63) is 48.3 Å². The van der Waals surface area contributed by atoms with Gasteiger partial charge < -0.3 is 5.32 Å². The Morgan fingerprint density at radius 3 is 2.65 bits per heavy atom. The molecule has 0 spiro atoms. The Morgan fingerprint density at radius 2 is 2.06 bits per heavy atom. The van der Waals surface area contributed by atoms with Crippen molar-refractivity contribution in [2.75, 3.05) is 12.8 Å². The topological polar surface area (TPSA) is 29.9 Å². The second-order valence-electron chi connectivity index (χ2n) is 3.88. The number of aryl methyl sites for hydroxylation is 1. The monoisotopic (exact) mass is 247 g/mol. The molecule has 0 fully saturated rings. The second kappa shape index (κ2) is 5.89. The summed E-state index contributed by atoms with van der Waals surface area (Å²) in [6.07, 6.45) is 1.98. The van der Waals surface area contributed by atoms with Gasteiger partial charge in [0.05, 0.1) is 11.7 Å². The predicted octanol–water partition coefficient (Wildman–Crippen LogP) is 2.47. The molecule has 3 nitrogen and oxygen atoms in total. The van der Waals surface area contributed by atoms with Crippen molar-refractivity contribution in [1.82, 2.24) is 15.1 Å². The summed E-state index contributed by atoms with van der Waals surface area (Å²) in [5.41, 5.74) is 1.10. The van der Waals surface area contributed by atoms with Crippen molar-refractivity contribution in [3.8, 4) is 0 Å². The van der Waals surface area contributed by atoms with E-state index < -0.39 is 0 Å². The van der Waals surface area contributed by atoms with Gasteiger partial charge in [0.25, 0.3) is 0 Å². The van der Waals surface area contributed by atoms with Crippen LogP contribution >= 0.6 is 11.8 Å². The molecule has 4 heteroatoms. The van der Waals surface area contributed by atoms with Crippen LogP contribution in [-0.4, -0.2) is 22.6 Å². The van der Waals surface area contributed by atoms with Crippen LogP contribution in [0, 0.1) is 0 Å². The van der Waals surface area contributed by atoms with E-state index in [9.17, 15) is 0 Å².